The van der Waals surface area contributed by atoms with Crippen LogP contribution in [0.1, 0.15) is 29.8 Å². The van der Waals surface area contributed by atoms with Gasteiger partial charge in [-0.15, -0.1) is 0 Å². The van der Waals surface area contributed by atoms with Crippen LogP contribution in [0.5, 0.6) is 11.5 Å². The monoisotopic (exact) mass is 501 g/mol. The molecule has 1 atom stereocenters. The van der Waals surface area contributed by atoms with Crippen molar-refractivity contribution in [1.82, 2.24) is 9.97 Å². The Morgan fingerprint density at radius 1 is 1.14 bits per heavy atom. The zero-order chi connectivity index (χ0) is 25.4. The number of hydrogen-bond acceptors (Lipinski definition) is 8. The number of Topliss-reactive ketones (excluding diaryl/α,β-unsaturated/α-hetero) is 1. The second kappa shape index (κ2) is 9.43. The molecule has 2 aromatic carbocycles. The fourth-order valence-corrected chi connectivity index (χ4v) is 5.30. The van der Waals surface area contributed by atoms with Crippen LogP contribution in [0.2, 0.25) is 0 Å². The van der Waals surface area contributed by atoms with E-state index in [1.807, 2.05) is 32.0 Å². The second-order valence-corrected chi connectivity index (χ2v) is 9.18. The maximum atomic E-state index is 13.4. The zero-order valence-electron chi connectivity index (χ0n) is 19.9. The number of ether oxygens (including phenoxy) is 2. The van der Waals surface area contributed by atoms with E-state index in [-0.39, 0.29) is 11.3 Å². The first-order valence-corrected chi connectivity index (χ1v) is 12.1. The number of aryl methyl sites for hydroxylation is 1. The van der Waals surface area contributed by atoms with Crippen molar-refractivity contribution >= 4 is 44.1 Å². The molecule has 1 unspecified atom stereocenters. The summed E-state index contributed by atoms with van der Waals surface area (Å²) < 4.78 is 11.7. The molecule has 5 rings (SSSR count). The summed E-state index contributed by atoms with van der Waals surface area (Å²) in [4.78, 5) is 37.1. The third-order valence-corrected chi connectivity index (χ3v) is 6.96. The van der Waals surface area contributed by atoms with Gasteiger partial charge in [-0.1, -0.05) is 17.4 Å². The Labute approximate surface area is 211 Å². The summed E-state index contributed by atoms with van der Waals surface area (Å²) in [6.45, 7) is 4.26. The van der Waals surface area contributed by atoms with Crippen LogP contribution in [0.4, 0.5) is 5.13 Å². The molecule has 1 saturated heterocycles. The van der Waals surface area contributed by atoms with Crippen LogP contribution in [0, 0.1) is 6.92 Å². The average Bonchev–Trinajstić information content (AvgIpc) is 3.42. The highest BCUT2D eigenvalue weighted by Gasteiger charge is 2.48. The summed E-state index contributed by atoms with van der Waals surface area (Å²) in [5, 5.41) is 11.6. The molecule has 1 aliphatic rings. The normalized spacial score (nSPS) is 17.1. The van der Waals surface area contributed by atoms with Gasteiger partial charge in [0.1, 0.15) is 23.3 Å². The highest BCUT2D eigenvalue weighted by atomic mass is 32.1. The number of hydrogen-bond donors (Lipinski definition) is 1. The van der Waals surface area contributed by atoms with Gasteiger partial charge in [0.15, 0.2) is 5.13 Å². The summed E-state index contributed by atoms with van der Waals surface area (Å²) in [6.07, 6.45) is 1.58. The average molecular weight is 502 g/mol. The van der Waals surface area contributed by atoms with E-state index in [9.17, 15) is 14.7 Å². The second-order valence-electron chi connectivity index (χ2n) is 8.17. The summed E-state index contributed by atoms with van der Waals surface area (Å²) in [5.74, 6) is -0.517. The van der Waals surface area contributed by atoms with Crippen molar-refractivity contribution in [2.45, 2.75) is 19.9 Å². The molecule has 0 spiro atoms. The lowest BCUT2D eigenvalue weighted by Gasteiger charge is -2.22. The van der Waals surface area contributed by atoms with Gasteiger partial charge < -0.3 is 14.6 Å². The van der Waals surface area contributed by atoms with Crippen LogP contribution in [-0.4, -0.2) is 40.5 Å². The number of ketones is 1. The van der Waals surface area contributed by atoms with E-state index >= 15 is 0 Å². The van der Waals surface area contributed by atoms with E-state index in [2.05, 4.69) is 9.97 Å². The van der Waals surface area contributed by atoms with Gasteiger partial charge in [-0.2, -0.15) is 0 Å². The van der Waals surface area contributed by atoms with Crippen LogP contribution in [0.25, 0.3) is 16.0 Å². The topological polar surface area (TPSA) is 102 Å². The molecule has 1 amide bonds. The van der Waals surface area contributed by atoms with E-state index in [1.54, 1.807) is 49.7 Å². The lowest BCUT2D eigenvalue weighted by Crippen LogP contribution is -2.29. The third-order valence-electron chi connectivity index (χ3n) is 5.95. The SMILES string of the molecule is CCOc1ccc2nc(N3C(=O)C(=O)/C(=C(/O)c4ccc(OC)c(C)c4)C3c3ccccn3)sc2c1. The number of benzene rings is 2. The number of amides is 1. The molecule has 2 aromatic heterocycles. The Morgan fingerprint density at radius 3 is 2.67 bits per heavy atom. The van der Waals surface area contributed by atoms with Crippen molar-refractivity contribution < 1.29 is 24.2 Å². The van der Waals surface area contributed by atoms with Gasteiger partial charge in [0.2, 0.25) is 0 Å². The molecule has 0 saturated carbocycles. The van der Waals surface area contributed by atoms with E-state index in [4.69, 9.17) is 9.47 Å². The lowest BCUT2D eigenvalue weighted by molar-refractivity contribution is -0.132. The molecule has 36 heavy (non-hydrogen) atoms. The quantitative estimate of drug-likeness (QED) is 0.225. The molecule has 8 nitrogen and oxygen atoms in total. The highest BCUT2D eigenvalue weighted by molar-refractivity contribution is 7.22. The number of methoxy groups -OCH3 is 1. The third kappa shape index (κ3) is 3.97. The fraction of sp³-hybridized carbons (Fsp3) is 0.185. The van der Waals surface area contributed by atoms with Crippen molar-refractivity contribution in [1.29, 1.82) is 0 Å². The summed E-state index contributed by atoms with van der Waals surface area (Å²) in [5.41, 5.74) is 2.25. The molecule has 0 radical (unpaired) electrons. The maximum Gasteiger partial charge on any atom is 0.301 e. The van der Waals surface area contributed by atoms with Crippen LogP contribution in [0.15, 0.2) is 66.4 Å². The summed E-state index contributed by atoms with van der Waals surface area (Å²) >= 11 is 1.27. The molecule has 1 aliphatic heterocycles. The molecule has 1 N–H and O–H groups in total. The number of anilines is 1. The number of thiazole rings is 1. The van der Waals surface area contributed by atoms with Gasteiger partial charge in [-0.25, -0.2) is 4.98 Å². The van der Waals surface area contributed by atoms with Crippen LogP contribution in [0.3, 0.4) is 0 Å². The fourth-order valence-electron chi connectivity index (χ4n) is 4.28. The lowest BCUT2D eigenvalue weighted by atomic mass is 9.97. The minimum atomic E-state index is -0.944. The minimum Gasteiger partial charge on any atom is -0.507 e. The highest BCUT2D eigenvalue weighted by Crippen LogP contribution is 2.44. The Bertz CT molecular complexity index is 1510. The van der Waals surface area contributed by atoms with Crippen molar-refractivity contribution in [2.75, 3.05) is 18.6 Å². The molecule has 1 fully saturated rings. The van der Waals surface area contributed by atoms with Crippen LogP contribution >= 0.6 is 11.3 Å². The number of nitrogens with zero attached hydrogens (tertiary/aromatic N) is 3. The number of aliphatic hydroxyl groups is 1. The Balaban J connectivity index is 1.68. The van der Waals surface area contributed by atoms with E-state index in [1.165, 1.54) is 16.2 Å². The standard InChI is InChI=1S/C27H23N3O5S/c1-4-35-17-9-10-18-21(14-17)36-27(29-18)30-23(19-7-5-6-12-28-19)22(25(32)26(30)33)24(31)16-8-11-20(34-3)15(2)13-16/h5-14,23,31H,4H2,1-3H3/b24-22+. The van der Waals surface area contributed by atoms with E-state index in [0.29, 0.717) is 40.0 Å². The van der Waals surface area contributed by atoms with Crippen LogP contribution < -0.4 is 14.4 Å². The van der Waals surface area contributed by atoms with Gasteiger partial charge in [0.25, 0.3) is 5.78 Å². The number of pyridine rings is 1. The molecule has 3 heterocycles. The van der Waals surface area contributed by atoms with Gasteiger partial charge >= 0.3 is 5.91 Å². The Morgan fingerprint density at radius 2 is 1.97 bits per heavy atom. The summed E-state index contributed by atoms with van der Waals surface area (Å²) in [6, 6.07) is 14.8. The van der Waals surface area contributed by atoms with Crippen molar-refractivity contribution in [2.24, 2.45) is 0 Å². The van der Waals surface area contributed by atoms with Gasteiger partial charge in [0, 0.05) is 11.8 Å². The van der Waals surface area contributed by atoms with E-state index < -0.39 is 17.7 Å². The number of fused-ring (bicyclic) bond motifs is 1. The number of carbonyl (C=O) groups excluding carboxylic acids is 2. The van der Waals surface area contributed by atoms with Crippen LogP contribution in [-0.2, 0) is 9.59 Å². The summed E-state index contributed by atoms with van der Waals surface area (Å²) in [7, 11) is 1.56. The molecule has 4 aromatic rings. The first-order valence-electron chi connectivity index (χ1n) is 11.3. The number of aromatic nitrogens is 2. The van der Waals surface area contributed by atoms with E-state index in [0.717, 1.165) is 10.3 Å². The van der Waals surface area contributed by atoms with Crippen molar-refractivity contribution in [3.63, 3.8) is 0 Å². The molecule has 182 valence electrons. The van der Waals surface area contributed by atoms with Gasteiger partial charge in [-0.05, 0) is 67.9 Å². The van der Waals surface area contributed by atoms with Crippen molar-refractivity contribution in [3.8, 4) is 11.5 Å². The minimum absolute atomic E-state index is 0.0440. The number of carbonyl (C=O) groups is 2. The molecule has 0 aliphatic carbocycles. The first kappa shape index (κ1) is 23.5. The smallest absolute Gasteiger partial charge is 0.301 e. The Hall–Kier alpha value is -4.24. The predicted molar refractivity (Wildman–Crippen MR) is 138 cm³/mol. The molecular weight excluding hydrogens is 478 g/mol. The van der Waals surface area contributed by atoms with Crippen molar-refractivity contribution in [3.05, 3.63) is 83.2 Å². The molecule has 9 heteroatoms. The zero-order valence-corrected chi connectivity index (χ0v) is 20.7. The first-order chi connectivity index (χ1) is 17.4. The molecule has 0 bridgehead atoms. The van der Waals surface area contributed by atoms with Gasteiger partial charge in [-0.3, -0.25) is 19.5 Å². The predicted octanol–water partition coefficient (Wildman–Crippen LogP) is 5.03. The maximum absolute atomic E-state index is 13.4. The largest absolute Gasteiger partial charge is 0.507 e. The Kier molecular flexibility index (Phi) is 6.15. The molecular formula is C27H23N3O5S. The number of aliphatic hydroxyl groups excluding tert-OH is 1. The number of rotatable bonds is 6. The van der Waals surface area contributed by atoms with Gasteiger partial charge in [0.05, 0.1) is 35.2 Å².